The van der Waals surface area contributed by atoms with Crippen LogP contribution in [0, 0.1) is 13.8 Å². The van der Waals surface area contributed by atoms with E-state index in [2.05, 4.69) is 15.1 Å². The smallest absolute Gasteiger partial charge is 0.384 e. The highest BCUT2D eigenvalue weighted by atomic mass is 19.4. The molecule has 3 heterocycles. The van der Waals surface area contributed by atoms with E-state index in [1.807, 2.05) is 19.1 Å². The number of aryl methyl sites for hydroxylation is 1. The second-order valence-electron chi connectivity index (χ2n) is 9.53. The van der Waals surface area contributed by atoms with E-state index >= 15 is 0 Å². The van der Waals surface area contributed by atoms with Crippen LogP contribution >= 0.6 is 0 Å². The maximum atomic E-state index is 13.4. The van der Waals surface area contributed by atoms with Crippen LogP contribution in [0.5, 0.6) is 0 Å². The van der Waals surface area contributed by atoms with Crippen molar-refractivity contribution in [3.8, 4) is 11.4 Å². The monoisotopic (exact) mass is 495 g/mol. The lowest BCUT2D eigenvalue weighted by Crippen LogP contribution is -2.41. The summed E-state index contributed by atoms with van der Waals surface area (Å²) < 4.78 is 40.6. The molecule has 7 nitrogen and oxygen atoms in total. The van der Waals surface area contributed by atoms with Crippen LogP contribution in [0.3, 0.4) is 0 Å². The van der Waals surface area contributed by atoms with Crippen LogP contribution in [0.2, 0.25) is 0 Å². The van der Waals surface area contributed by atoms with Crippen molar-refractivity contribution in [1.29, 1.82) is 0 Å². The highest BCUT2D eigenvalue weighted by molar-refractivity contribution is 6.07. The average molecular weight is 496 g/mol. The van der Waals surface area contributed by atoms with Crippen molar-refractivity contribution < 1.29 is 23.1 Å². The van der Waals surface area contributed by atoms with Crippen LogP contribution in [0.1, 0.15) is 46.7 Å². The summed E-state index contributed by atoms with van der Waals surface area (Å²) in [6.07, 6.45) is -3.05. The third-order valence-electron chi connectivity index (χ3n) is 6.40. The molecule has 0 spiro atoms. The Hall–Kier alpha value is -3.79. The summed E-state index contributed by atoms with van der Waals surface area (Å²) in [6.45, 7) is 7.87. The maximum absolute atomic E-state index is 13.4. The van der Waals surface area contributed by atoms with Gasteiger partial charge < -0.3 is 10.0 Å². The van der Waals surface area contributed by atoms with Crippen LogP contribution in [0.25, 0.3) is 22.3 Å². The van der Waals surface area contributed by atoms with E-state index in [-0.39, 0.29) is 5.91 Å². The molecule has 1 aliphatic heterocycles. The minimum atomic E-state index is -4.43. The number of halogens is 3. The van der Waals surface area contributed by atoms with Gasteiger partial charge in [0.2, 0.25) is 0 Å². The Balaban J connectivity index is 1.46. The lowest BCUT2D eigenvalue weighted by atomic mass is 9.99. The summed E-state index contributed by atoms with van der Waals surface area (Å²) in [7, 11) is 0. The molecule has 186 valence electrons. The second-order valence-corrected chi connectivity index (χ2v) is 9.53. The number of carbonyl (C=O) groups is 1. The summed E-state index contributed by atoms with van der Waals surface area (Å²) in [6, 6.07) is 8.85. The predicted molar refractivity (Wildman–Crippen MR) is 129 cm³/mol. The van der Waals surface area contributed by atoms with Crippen molar-refractivity contribution in [3.63, 3.8) is 0 Å². The number of aromatic nitrogens is 4. The van der Waals surface area contributed by atoms with E-state index in [4.69, 9.17) is 0 Å². The lowest BCUT2D eigenvalue weighted by Gasteiger charge is -2.29. The van der Waals surface area contributed by atoms with Gasteiger partial charge in [0.05, 0.1) is 23.3 Å². The molecular weight excluding hydrogens is 471 g/mol. The van der Waals surface area contributed by atoms with Gasteiger partial charge in [-0.15, -0.1) is 0 Å². The number of aliphatic hydroxyl groups is 1. The molecular formula is C26H24F3N5O2. The van der Waals surface area contributed by atoms with Gasteiger partial charge in [-0.1, -0.05) is 0 Å². The average Bonchev–Trinajstić information content (AvgIpc) is 3.16. The number of fused-ring (bicyclic) bond motifs is 2. The Morgan fingerprint density at radius 2 is 1.78 bits per heavy atom. The number of rotatable bonds is 3. The molecule has 5 rings (SSSR count). The number of carbonyl (C=O) groups excluding carboxylic acids is 1. The number of anilines is 1. The minimum Gasteiger partial charge on any atom is -0.384 e. The fourth-order valence-electron chi connectivity index (χ4n) is 4.67. The van der Waals surface area contributed by atoms with Gasteiger partial charge in [0.1, 0.15) is 11.3 Å². The first-order chi connectivity index (χ1) is 16.8. The van der Waals surface area contributed by atoms with Crippen LogP contribution < -0.4 is 4.90 Å². The molecule has 0 radical (unpaired) electrons. The van der Waals surface area contributed by atoms with Crippen LogP contribution in [0.15, 0.2) is 42.6 Å². The largest absolute Gasteiger partial charge is 0.416 e. The van der Waals surface area contributed by atoms with Crippen molar-refractivity contribution in [1.82, 2.24) is 19.7 Å². The molecule has 1 amide bonds. The van der Waals surface area contributed by atoms with E-state index < -0.39 is 17.3 Å². The third-order valence-corrected chi connectivity index (χ3v) is 6.40. The first kappa shape index (κ1) is 23.9. The fourth-order valence-corrected chi connectivity index (χ4v) is 4.67. The van der Waals surface area contributed by atoms with Crippen LogP contribution in [-0.4, -0.2) is 37.3 Å². The zero-order valence-electron chi connectivity index (χ0n) is 20.2. The van der Waals surface area contributed by atoms with Gasteiger partial charge in [0, 0.05) is 34.9 Å². The number of amides is 1. The number of benzene rings is 2. The third kappa shape index (κ3) is 4.01. The van der Waals surface area contributed by atoms with E-state index in [9.17, 15) is 23.1 Å². The van der Waals surface area contributed by atoms with Crippen molar-refractivity contribution in [2.45, 2.75) is 46.0 Å². The summed E-state index contributed by atoms with van der Waals surface area (Å²) in [4.78, 5) is 23.8. The summed E-state index contributed by atoms with van der Waals surface area (Å²) >= 11 is 0. The van der Waals surface area contributed by atoms with Crippen molar-refractivity contribution in [2.24, 2.45) is 0 Å². The van der Waals surface area contributed by atoms with Gasteiger partial charge in [-0.25, -0.2) is 9.97 Å². The molecule has 0 bridgehead atoms. The Kier molecular flexibility index (Phi) is 5.40. The van der Waals surface area contributed by atoms with Crippen LogP contribution in [0.4, 0.5) is 18.9 Å². The highest BCUT2D eigenvalue weighted by Gasteiger charge is 2.35. The van der Waals surface area contributed by atoms with Crippen LogP contribution in [-0.2, 0) is 18.3 Å². The number of nitrogens with zero attached hydrogens (tertiary/aromatic N) is 5. The number of hydrogen-bond acceptors (Lipinski definition) is 5. The number of alkyl halides is 3. The molecule has 0 aliphatic carbocycles. The van der Waals surface area contributed by atoms with Crippen molar-refractivity contribution in [2.75, 3.05) is 11.4 Å². The topological polar surface area (TPSA) is 84.1 Å². The Morgan fingerprint density at radius 1 is 1.03 bits per heavy atom. The molecule has 0 saturated carbocycles. The van der Waals surface area contributed by atoms with Gasteiger partial charge in [-0.2, -0.15) is 18.3 Å². The Morgan fingerprint density at radius 3 is 2.44 bits per heavy atom. The molecule has 36 heavy (non-hydrogen) atoms. The normalized spacial score (nSPS) is 14.4. The molecule has 2 aromatic heterocycles. The number of hydrogen-bond donors (Lipinski definition) is 1. The van der Waals surface area contributed by atoms with E-state index in [0.717, 1.165) is 23.4 Å². The van der Waals surface area contributed by atoms with Gasteiger partial charge in [0.15, 0.2) is 5.82 Å². The summed E-state index contributed by atoms with van der Waals surface area (Å²) in [5, 5.41) is 15.2. The predicted octanol–water partition coefficient (Wildman–Crippen LogP) is 5.02. The summed E-state index contributed by atoms with van der Waals surface area (Å²) in [5.41, 5.74) is 2.34. The van der Waals surface area contributed by atoms with E-state index in [0.29, 0.717) is 52.3 Å². The molecule has 0 atom stereocenters. The minimum absolute atomic E-state index is 0.194. The van der Waals surface area contributed by atoms with Gasteiger partial charge in [0.25, 0.3) is 5.91 Å². The first-order valence-electron chi connectivity index (χ1n) is 11.4. The molecule has 1 N–H and O–H groups in total. The maximum Gasteiger partial charge on any atom is 0.416 e. The van der Waals surface area contributed by atoms with E-state index in [1.165, 1.54) is 12.3 Å². The Labute approximate surface area is 205 Å². The molecule has 4 aromatic rings. The first-order valence-corrected chi connectivity index (χ1v) is 11.4. The van der Waals surface area contributed by atoms with Crippen molar-refractivity contribution >= 4 is 22.5 Å². The molecule has 0 saturated heterocycles. The molecule has 10 heteroatoms. The lowest BCUT2D eigenvalue weighted by molar-refractivity contribution is -0.137. The fraction of sp³-hybridized carbons (Fsp3) is 0.308. The van der Waals surface area contributed by atoms with Crippen molar-refractivity contribution in [3.05, 3.63) is 70.7 Å². The molecule has 1 aliphatic rings. The van der Waals surface area contributed by atoms with Gasteiger partial charge >= 0.3 is 6.18 Å². The van der Waals surface area contributed by atoms with Gasteiger partial charge in [-0.3, -0.25) is 9.48 Å². The SMILES string of the molecule is Cc1cc(-c2ncc3cc(C(F)(F)F)ccc3n2)ccc1N1CCn2nc(C(C)(C)O)c(C)c2C1=O. The highest BCUT2D eigenvalue weighted by Crippen LogP contribution is 2.33. The Bertz CT molecular complexity index is 1520. The quantitative estimate of drug-likeness (QED) is 0.432. The molecule has 0 fully saturated rings. The molecule has 2 aromatic carbocycles. The summed E-state index contributed by atoms with van der Waals surface area (Å²) in [5.74, 6) is 0.186. The second kappa shape index (κ2) is 8.12. The zero-order valence-corrected chi connectivity index (χ0v) is 20.2. The zero-order chi connectivity index (χ0) is 26.0. The van der Waals surface area contributed by atoms with E-state index in [1.54, 1.807) is 36.4 Å². The standard InChI is InChI=1S/C26H24F3N5O2/c1-14-11-16(23-30-13-17-12-18(26(27,28)29)6-7-19(17)31-23)5-8-20(14)33-9-10-34-21(24(33)35)15(2)22(32-34)25(3,4)36/h5-8,11-13,36H,9-10H2,1-4H3. The van der Waals surface area contributed by atoms with Gasteiger partial charge in [-0.05, 0) is 69.7 Å². The molecule has 0 unspecified atom stereocenters.